The van der Waals surface area contributed by atoms with Crippen molar-refractivity contribution in [3.8, 4) is 11.1 Å². The van der Waals surface area contributed by atoms with Crippen molar-refractivity contribution in [1.29, 1.82) is 0 Å². The largest absolute Gasteiger partial charge is 0.468 e. The molecule has 2 heterocycles. The van der Waals surface area contributed by atoms with Crippen molar-refractivity contribution in [1.82, 2.24) is 9.29 Å². The zero-order valence-electron chi connectivity index (χ0n) is 13.3. The van der Waals surface area contributed by atoms with Crippen LogP contribution in [0.1, 0.15) is 12.8 Å². The highest BCUT2D eigenvalue weighted by molar-refractivity contribution is 7.89. The molecule has 0 amide bonds. The zero-order chi connectivity index (χ0) is 17.2. The summed E-state index contributed by atoms with van der Waals surface area (Å²) in [5.74, 6) is -0.510. The van der Waals surface area contributed by atoms with Gasteiger partial charge >= 0.3 is 5.97 Å². The summed E-state index contributed by atoms with van der Waals surface area (Å²) >= 11 is 0. The van der Waals surface area contributed by atoms with Gasteiger partial charge in [0.1, 0.15) is 6.04 Å². The van der Waals surface area contributed by atoms with Crippen LogP contribution >= 0.6 is 0 Å². The number of methoxy groups -OCH3 is 1. The van der Waals surface area contributed by atoms with E-state index in [0.29, 0.717) is 19.4 Å². The number of carbonyl (C=O) groups excluding carboxylic acids is 1. The topological polar surface area (TPSA) is 76.6 Å². The van der Waals surface area contributed by atoms with Crippen LogP contribution in [-0.4, -0.2) is 43.4 Å². The molecule has 24 heavy (non-hydrogen) atoms. The molecule has 0 saturated carbocycles. The second-order valence-electron chi connectivity index (χ2n) is 5.56. The summed E-state index contributed by atoms with van der Waals surface area (Å²) in [7, 11) is -2.45. The maximum atomic E-state index is 12.8. The number of rotatable bonds is 4. The molecular weight excluding hydrogens is 328 g/mol. The van der Waals surface area contributed by atoms with Gasteiger partial charge in [-0.1, -0.05) is 12.1 Å². The molecule has 1 aliphatic rings. The summed E-state index contributed by atoms with van der Waals surface area (Å²) in [5, 5.41) is 0. The van der Waals surface area contributed by atoms with Gasteiger partial charge in [-0.2, -0.15) is 4.31 Å². The molecule has 0 N–H and O–H groups in total. The van der Waals surface area contributed by atoms with E-state index in [1.807, 2.05) is 12.1 Å². The third kappa shape index (κ3) is 3.05. The normalized spacial score (nSPS) is 18.5. The van der Waals surface area contributed by atoms with E-state index >= 15 is 0 Å². The number of nitrogens with zero attached hydrogens (tertiary/aromatic N) is 2. The molecule has 1 unspecified atom stereocenters. The SMILES string of the molecule is COC(=O)C1CCCN1S(=O)(=O)c1ccc(-c2ccncc2)cc1. The van der Waals surface area contributed by atoms with Crippen LogP contribution in [0.4, 0.5) is 0 Å². The average Bonchev–Trinajstić information content (AvgIpc) is 3.12. The monoisotopic (exact) mass is 346 g/mol. The van der Waals surface area contributed by atoms with Gasteiger partial charge in [0.15, 0.2) is 0 Å². The molecule has 0 bridgehead atoms. The Bertz CT molecular complexity index is 819. The number of aromatic nitrogens is 1. The Morgan fingerprint density at radius 3 is 2.38 bits per heavy atom. The first kappa shape index (κ1) is 16.6. The van der Waals surface area contributed by atoms with Crippen LogP contribution in [0.2, 0.25) is 0 Å². The van der Waals surface area contributed by atoms with Crippen LogP contribution in [-0.2, 0) is 19.6 Å². The Hall–Kier alpha value is -2.25. The predicted octanol–water partition coefficient (Wildman–Crippen LogP) is 2.07. The Labute approximate surface area is 141 Å². The van der Waals surface area contributed by atoms with E-state index < -0.39 is 22.0 Å². The van der Waals surface area contributed by atoms with Crippen LogP contribution < -0.4 is 0 Å². The minimum atomic E-state index is -3.72. The van der Waals surface area contributed by atoms with Crippen molar-refractivity contribution in [2.24, 2.45) is 0 Å². The van der Waals surface area contributed by atoms with Crippen LogP contribution in [0.5, 0.6) is 0 Å². The lowest BCUT2D eigenvalue weighted by molar-refractivity contribution is -0.144. The lowest BCUT2D eigenvalue weighted by Gasteiger charge is -2.22. The molecule has 1 fully saturated rings. The molecule has 1 aromatic carbocycles. The number of pyridine rings is 1. The molecule has 0 aliphatic carbocycles. The van der Waals surface area contributed by atoms with Gasteiger partial charge in [0.05, 0.1) is 12.0 Å². The third-order valence-corrected chi connectivity index (χ3v) is 6.07. The molecule has 1 aliphatic heterocycles. The number of sulfonamides is 1. The molecule has 2 aromatic rings. The molecule has 1 atom stereocenters. The molecule has 6 nitrogen and oxygen atoms in total. The first-order valence-corrected chi connectivity index (χ1v) is 9.08. The number of benzene rings is 1. The molecule has 7 heteroatoms. The first-order valence-electron chi connectivity index (χ1n) is 7.64. The van der Waals surface area contributed by atoms with E-state index in [-0.39, 0.29) is 4.90 Å². The van der Waals surface area contributed by atoms with Crippen LogP contribution in [0.25, 0.3) is 11.1 Å². The van der Waals surface area contributed by atoms with Crippen LogP contribution in [0.15, 0.2) is 53.7 Å². The minimum absolute atomic E-state index is 0.177. The summed E-state index contributed by atoms with van der Waals surface area (Å²) in [6.07, 6.45) is 4.51. The Morgan fingerprint density at radius 1 is 1.12 bits per heavy atom. The summed E-state index contributed by atoms with van der Waals surface area (Å²) < 4.78 is 31.6. The lowest BCUT2D eigenvalue weighted by atomic mass is 10.1. The highest BCUT2D eigenvalue weighted by atomic mass is 32.2. The fourth-order valence-corrected chi connectivity index (χ4v) is 4.55. The fourth-order valence-electron chi connectivity index (χ4n) is 2.90. The van der Waals surface area contributed by atoms with Gasteiger partial charge in [0, 0.05) is 18.9 Å². The van der Waals surface area contributed by atoms with Crippen molar-refractivity contribution in [3.63, 3.8) is 0 Å². The van der Waals surface area contributed by atoms with E-state index in [4.69, 9.17) is 4.74 Å². The molecule has 1 aromatic heterocycles. The molecule has 3 rings (SSSR count). The minimum Gasteiger partial charge on any atom is -0.468 e. The number of hydrogen-bond acceptors (Lipinski definition) is 5. The van der Waals surface area contributed by atoms with Crippen LogP contribution in [0, 0.1) is 0 Å². The van der Waals surface area contributed by atoms with E-state index in [2.05, 4.69) is 4.98 Å². The van der Waals surface area contributed by atoms with Gasteiger partial charge in [-0.15, -0.1) is 0 Å². The zero-order valence-corrected chi connectivity index (χ0v) is 14.1. The quantitative estimate of drug-likeness (QED) is 0.792. The smallest absolute Gasteiger partial charge is 0.324 e. The standard InChI is InChI=1S/C17H18N2O4S/c1-23-17(20)16-3-2-12-19(16)24(21,22)15-6-4-13(5-7-15)14-8-10-18-11-9-14/h4-11,16H,2-3,12H2,1H3. The molecule has 126 valence electrons. The van der Waals surface area contributed by atoms with Crippen molar-refractivity contribution >= 4 is 16.0 Å². The van der Waals surface area contributed by atoms with E-state index in [0.717, 1.165) is 11.1 Å². The number of esters is 1. The van der Waals surface area contributed by atoms with E-state index in [1.165, 1.54) is 11.4 Å². The summed E-state index contributed by atoms with van der Waals surface area (Å²) in [4.78, 5) is 16.0. The van der Waals surface area contributed by atoms with Crippen LogP contribution in [0.3, 0.4) is 0 Å². The number of ether oxygens (including phenoxy) is 1. The second kappa shape index (κ2) is 6.70. The molecule has 0 radical (unpaired) electrons. The fraction of sp³-hybridized carbons (Fsp3) is 0.294. The molecule has 0 spiro atoms. The summed E-state index contributed by atoms with van der Waals surface area (Å²) in [5.41, 5.74) is 1.87. The van der Waals surface area contributed by atoms with Gasteiger partial charge < -0.3 is 4.74 Å². The van der Waals surface area contributed by atoms with E-state index in [9.17, 15) is 13.2 Å². The Morgan fingerprint density at radius 2 is 1.75 bits per heavy atom. The highest BCUT2D eigenvalue weighted by Crippen LogP contribution is 2.28. The molecule has 1 saturated heterocycles. The third-order valence-electron chi connectivity index (χ3n) is 4.15. The van der Waals surface area contributed by atoms with Gasteiger partial charge in [-0.25, -0.2) is 8.42 Å². The average molecular weight is 346 g/mol. The van der Waals surface area contributed by atoms with Gasteiger partial charge in [-0.3, -0.25) is 9.78 Å². The van der Waals surface area contributed by atoms with Crippen molar-refractivity contribution in [3.05, 3.63) is 48.8 Å². The Kier molecular flexibility index (Phi) is 4.64. The first-order chi connectivity index (χ1) is 11.5. The van der Waals surface area contributed by atoms with Gasteiger partial charge in [0.2, 0.25) is 10.0 Å². The molecular formula is C17H18N2O4S. The van der Waals surface area contributed by atoms with Crippen molar-refractivity contribution in [2.75, 3.05) is 13.7 Å². The number of hydrogen-bond donors (Lipinski definition) is 0. The van der Waals surface area contributed by atoms with Gasteiger partial charge in [0.25, 0.3) is 0 Å². The summed E-state index contributed by atoms with van der Waals surface area (Å²) in [6.45, 7) is 0.328. The maximum absolute atomic E-state index is 12.8. The number of carbonyl (C=O) groups is 1. The van der Waals surface area contributed by atoms with Gasteiger partial charge in [-0.05, 0) is 48.2 Å². The predicted molar refractivity (Wildman–Crippen MR) is 88.6 cm³/mol. The van der Waals surface area contributed by atoms with E-state index in [1.54, 1.807) is 36.7 Å². The Balaban J connectivity index is 1.89. The highest BCUT2D eigenvalue weighted by Gasteiger charge is 2.40. The summed E-state index contributed by atoms with van der Waals surface area (Å²) in [6, 6.07) is 9.63. The maximum Gasteiger partial charge on any atom is 0.324 e. The second-order valence-corrected chi connectivity index (χ2v) is 7.45. The van der Waals surface area contributed by atoms with Crippen molar-refractivity contribution in [2.45, 2.75) is 23.8 Å². The van der Waals surface area contributed by atoms with Crippen molar-refractivity contribution < 1.29 is 17.9 Å². The lowest BCUT2D eigenvalue weighted by Crippen LogP contribution is -2.40.